The minimum atomic E-state index is 0. The van der Waals surface area contributed by atoms with Crippen LogP contribution in [0.2, 0.25) is 0 Å². The average Bonchev–Trinajstić information content (AvgIpc) is 2.99. The third kappa shape index (κ3) is 5.62. The second kappa shape index (κ2) is 12.1. The lowest BCUT2D eigenvalue weighted by atomic mass is 9.73. The molecule has 3 aromatic rings. The summed E-state index contributed by atoms with van der Waals surface area (Å²) in [4.78, 5) is 29.7. The highest BCUT2D eigenvalue weighted by molar-refractivity contribution is 6.01. The van der Waals surface area contributed by atoms with Gasteiger partial charge in [-0.15, -0.1) is 0 Å². The molecule has 0 amide bonds. The molecule has 1 atom stereocenters. The van der Waals surface area contributed by atoms with Gasteiger partial charge in [-0.3, -0.25) is 14.5 Å². The van der Waals surface area contributed by atoms with Crippen LogP contribution in [0.25, 0.3) is 6.08 Å². The molecule has 39 heavy (non-hydrogen) atoms. The lowest BCUT2D eigenvalue weighted by molar-refractivity contribution is -0.137. The van der Waals surface area contributed by atoms with Crippen LogP contribution in [0, 0.1) is 11.8 Å². The van der Waals surface area contributed by atoms with Crippen molar-refractivity contribution in [3.8, 4) is 0 Å². The number of benzene rings is 3. The predicted molar refractivity (Wildman–Crippen MR) is 158 cm³/mol. The van der Waals surface area contributed by atoms with Gasteiger partial charge in [-0.05, 0) is 61.5 Å². The molecule has 4 heteroatoms. The van der Waals surface area contributed by atoms with Crippen molar-refractivity contribution in [3.63, 3.8) is 0 Å². The van der Waals surface area contributed by atoms with E-state index in [1.165, 1.54) is 11.1 Å². The molecule has 9 rings (SSSR count). The molecule has 6 heterocycles. The summed E-state index contributed by atoms with van der Waals surface area (Å²) < 4.78 is 0. The predicted octanol–water partition coefficient (Wildman–Crippen LogP) is 6.44. The van der Waals surface area contributed by atoms with E-state index in [2.05, 4.69) is 58.3 Å². The Labute approximate surface area is 233 Å². The molecule has 0 spiro atoms. The van der Waals surface area contributed by atoms with Gasteiger partial charge in [0.2, 0.25) is 0 Å². The zero-order valence-electron chi connectivity index (χ0n) is 21.9. The first kappa shape index (κ1) is 27.1. The van der Waals surface area contributed by atoms with Crippen LogP contribution in [0.4, 0.5) is 0 Å². The minimum absolute atomic E-state index is 0. The van der Waals surface area contributed by atoms with Gasteiger partial charge in [0.15, 0.2) is 11.6 Å². The van der Waals surface area contributed by atoms with Gasteiger partial charge in [0.1, 0.15) is 0 Å². The van der Waals surface area contributed by atoms with Gasteiger partial charge in [0.05, 0.1) is 11.7 Å². The van der Waals surface area contributed by atoms with Gasteiger partial charge < -0.3 is 4.90 Å². The second-order valence-electron chi connectivity index (χ2n) is 11.0. The van der Waals surface area contributed by atoms with Crippen molar-refractivity contribution in [2.24, 2.45) is 11.8 Å². The maximum atomic E-state index is 12.9. The van der Waals surface area contributed by atoms with Crippen molar-refractivity contribution < 1.29 is 9.59 Å². The molecule has 202 valence electrons. The van der Waals surface area contributed by atoms with Crippen molar-refractivity contribution in [2.75, 3.05) is 26.2 Å². The van der Waals surface area contributed by atoms with Crippen LogP contribution in [0.15, 0.2) is 96.7 Å². The third-order valence-corrected chi connectivity index (χ3v) is 8.81. The Kier molecular flexibility index (Phi) is 8.42. The van der Waals surface area contributed by atoms with Crippen LogP contribution in [0.1, 0.15) is 55.7 Å². The number of fused-ring (bicyclic) bond motifs is 6. The molecule has 6 aliphatic rings. The number of carbonyl (C=O) groups is 2. The summed E-state index contributed by atoms with van der Waals surface area (Å²) in [5.41, 5.74) is 4.55. The molecule has 1 unspecified atom stereocenters. The smallest absolute Gasteiger partial charge is 0.182 e. The molecule has 0 radical (unpaired) electrons. The Hall–Kier alpha value is -3.50. The first-order chi connectivity index (χ1) is 18.7. The normalized spacial score (nSPS) is 24.9. The fourth-order valence-corrected chi connectivity index (χ4v) is 6.75. The highest BCUT2D eigenvalue weighted by atomic mass is 16.1. The molecule has 0 saturated carbocycles. The summed E-state index contributed by atoms with van der Waals surface area (Å²) in [6.07, 6.45) is 6.22. The lowest BCUT2D eigenvalue weighted by Gasteiger charge is -2.47. The highest BCUT2D eigenvalue weighted by Crippen LogP contribution is 2.39. The van der Waals surface area contributed by atoms with Crippen molar-refractivity contribution in [1.82, 2.24) is 9.80 Å². The van der Waals surface area contributed by atoms with E-state index >= 15 is 0 Å². The molecule has 6 aliphatic heterocycles. The average molecular weight is 521 g/mol. The zero-order chi connectivity index (χ0) is 25.9. The van der Waals surface area contributed by atoms with Crippen molar-refractivity contribution >= 4 is 17.6 Å². The van der Waals surface area contributed by atoms with Gasteiger partial charge in [-0.1, -0.05) is 98.4 Å². The van der Waals surface area contributed by atoms with E-state index in [0.717, 1.165) is 63.1 Å². The maximum absolute atomic E-state index is 12.9. The lowest BCUT2D eigenvalue weighted by Crippen LogP contribution is -2.57. The zero-order valence-corrected chi connectivity index (χ0v) is 21.9. The maximum Gasteiger partial charge on any atom is 0.182 e. The fourth-order valence-electron chi connectivity index (χ4n) is 6.75. The van der Waals surface area contributed by atoms with Gasteiger partial charge >= 0.3 is 0 Å². The molecular weight excluding hydrogens is 480 g/mol. The molecule has 6 fully saturated rings. The summed E-state index contributed by atoms with van der Waals surface area (Å²) in [5.74, 6) is 1.53. The fraction of sp³-hybridized carbons (Fsp3) is 0.371. The van der Waals surface area contributed by atoms with Crippen LogP contribution in [0.5, 0.6) is 0 Å². The number of allylic oxidation sites excluding steroid dienone is 1. The highest BCUT2D eigenvalue weighted by Gasteiger charge is 2.45. The Balaban J connectivity index is 0.000000161. The summed E-state index contributed by atoms with van der Waals surface area (Å²) in [7, 11) is 0. The van der Waals surface area contributed by atoms with E-state index in [9.17, 15) is 9.59 Å². The van der Waals surface area contributed by atoms with Crippen LogP contribution in [-0.4, -0.2) is 53.6 Å². The van der Waals surface area contributed by atoms with E-state index in [1.54, 1.807) is 0 Å². The first-order valence-electron chi connectivity index (χ1n) is 14.1. The Bertz CT molecular complexity index is 1230. The van der Waals surface area contributed by atoms with Crippen molar-refractivity contribution in [3.05, 3.63) is 113 Å². The van der Waals surface area contributed by atoms with Crippen molar-refractivity contribution in [2.45, 2.75) is 45.1 Å². The molecule has 4 nitrogen and oxygen atoms in total. The molecule has 6 saturated heterocycles. The number of Topliss-reactive ketones (excluding diaryl/α,β-unsaturated/α-hetero) is 2. The molecule has 3 aromatic carbocycles. The third-order valence-electron chi connectivity index (χ3n) is 8.81. The number of nitrogens with zero attached hydrogens (tertiary/aromatic N) is 2. The van der Waals surface area contributed by atoms with E-state index in [1.807, 2.05) is 48.5 Å². The summed E-state index contributed by atoms with van der Waals surface area (Å²) in [6.45, 7) is 4.23. The SMILES string of the molecule is C.O=C1/C(=C/c2ccccc2)N2CCC1CC2.O=C1C2CCN(CC2)C1C(c1ccccc1)c1ccccc1. The summed E-state index contributed by atoms with van der Waals surface area (Å²) in [5, 5.41) is 0. The number of rotatable bonds is 4. The largest absolute Gasteiger partial charge is 0.369 e. The quantitative estimate of drug-likeness (QED) is 0.371. The second-order valence-corrected chi connectivity index (χ2v) is 11.0. The van der Waals surface area contributed by atoms with E-state index < -0.39 is 0 Å². The summed E-state index contributed by atoms with van der Waals surface area (Å²) in [6, 6.07) is 31.1. The van der Waals surface area contributed by atoms with E-state index in [4.69, 9.17) is 0 Å². The number of hydrogen-bond donors (Lipinski definition) is 0. The molecule has 4 bridgehead atoms. The van der Waals surface area contributed by atoms with Gasteiger partial charge in [0, 0.05) is 30.8 Å². The Morgan fingerprint density at radius 2 is 1.13 bits per heavy atom. The number of ketones is 2. The van der Waals surface area contributed by atoms with Gasteiger partial charge in [-0.25, -0.2) is 0 Å². The van der Waals surface area contributed by atoms with E-state index in [0.29, 0.717) is 17.5 Å². The Morgan fingerprint density at radius 3 is 1.62 bits per heavy atom. The number of piperidine rings is 6. The van der Waals surface area contributed by atoms with E-state index in [-0.39, 0.29) is 25.3 Å². The summed E-state index contributed by atoms with van der Waals surface area (Å²) >= 11 is 0. The Morgan fingerprint density at radius 1 is 0.641 bits per heavy atom. The number of carbonyl (C=O) groups excluding carboxylic acids is 2. The van der Waals surface area contributed by atoms with Gasteiger partial charge in [0.25, 0.3) is 0 Å². The van der Waals surface area contributed by atoms with Crippen LogP contribution < -0.4 is 0 Å². The van der Waals surface area contributed by atoms with Gasteiger partial charge in [-0.2, -0.15) is 0 Å². The standard InChI is InChI=1S/C20H21NO.C14H15NO.CH4/c22-20-17-11-13-21(14-12-17)19(20)18(15-7-3-1-4-8-15)16-9-5-2-6-10-16;16-14-12-6-8-15(9-7-12)13(14)10-11-4-2-1-3-5-11;/h1-10,17-19H,11-14H2;1-5,10,12H,6-9H2;1H4/b;13-10-;. The first-order valence-corrected chi connectivity index (χ1v) is 14.1. The molecule has 0 N–H and O–H groups in total. The topological polar surface area (TPSA) is 40.6 Å². The minimum Gasteiger partial charge on any atom is -0.369 e. The monoisotopic (exact) mass is 520 g/mol. The molecular formula is C35H40N2O2. The molecule has 0 aromatic heterocycles. The molecule has 0 aliphatic carbocycles. The number of hydrogen-bond acceptors (Lipinski definition) is 4. The van der Waals surface area contributed by atoms with Crippen LogP contribution in [-0.2, 0) is 9.59 Å². The van der Waals surface area contributed by atoms with Crippen LogP contribution >= 0.6 is 0 Å². The van der Waals surface area contributed by atoms with Crippen LogP contribution in [0.3, 0.4) is 0 Å². The van der Waals surface area contributed by atoms with Crippen molar-refractivity contribution in [1.29, 1.82) is 0 Å².